The first-order chi connectivity index (χ1) is 12.9. The highest BCUT2D eigenvalue weighted by atomic mass is 35.5. The molecule has 4 nitrogen and oxygen atoms in total. The molecular weight excluding hydrogens is 382 g/mol. The van der Waals surface area contributed by atoms with Crippen molar-refractivity contribution in [2.24, 2.45) is 17.8 Å². The topological polar surface area (TPSA) is 55.4 Å². The first kappa shape index (κ1) is 19.1. The fourth-order valence-corrected chi connectivity index (χ4v) is 6.33. The van der Waals surface area contributed by atoms with Crippen molar-refractivity contribution in [1.82, 2.24) is 5.32 Å². The maximum Gasteiger partial charge on any atom is 0.340 e. The lowest BCUT2D eigenvalue weighted by Gasteiger charge is -2.57. The summed E-state index contributed by atoms with van der Waals surface area (Å²) in [4.78, 5) is 26.2. The second-order valence-electron chi connectivity index (χ2n) is 8.58. The molecule has 6 heteroatoms. The van der Waals surface area contributed by atoms with Crippen LogP contribution in [0.3, 0.4) is 0 Å². The molecule has 1 atom stereocenters. The average molecular weight is 408 g/mol. The van der Waals surface area contributed by atoms with Gasteiger partial charge in [-0.3, -0.25) is 4.79 Å². The van der Waals surface area contributed by atoms with E-state index < -0.39 is 12.1 Å². The van der Waals surface area contributed by atoms with Gasteiger partial charge in [-0.05, 0) is 87.7 Å². The molecule has 0 saturated heterocycles. The van der Waals surface area contributed by atoms with E-state index in [-0.39, 0.29) is 11.4 Å². The molecule has 1 amide bonds. The Bertz CT molecular complexity index is 731. The Balaban J connectivity index is 1.40. The largest absolute Gasteiger partial charge is 0.449 e. The Morgan fingerprint density at radius 2 is 1.78 bits per heavy atom. The van der Waals surface area contributed by atoms with Crippen LogP contribution < -0.4 is 5.32 Å². The van der Waals surface area contributed by atoms with Crippen molar-refractivity contribution in [3.05, 3.63) is 28.8 Å². The summed E-state index contributed by atoms with van der Waals surface area (Å²) in [5, 5.41) is 3.60. The fourth-order valence-electron chi connectivity index (χ4n) is 5.69. The van der Waals surface area contributed by atoms with Crippen LogP contribution in [-0.2, 0) is 9.53 Å². The third kappa shape index (κ3) is 3.86. The predicted octanol–water partition coefficient (Wildman–Crippen LogP) is 4.69. The zero-order valence-electron chi connectivity index (χ0n) is 15.8. The zero-order chi connectivity index (χ0) is 19.2. The van der Waals surface area contributed by atoms with E-state index in [0.29, 0.717) is 10.6 Å². The summed E-state index contributed by atoms with van der Waals surface area (Å²) in [6.45, 7) is 1.64. The highest BCUT2D eigenvalue weighted by Crippen LogP contribution is 2.55. The third-order valence-corrected chi connectivity index (χ3v) is 7.53. The SMILES string of the molecule is CSc1ccc(Cl)c(C(=O)O[C@@H](C)C(=O)NC23CC4CC(CC(C4)C2)C3)c1. The molecule has 0 spiro atoms. The standard InChI is InChI=1S/C21H26ClNO3S/c1-12(26-20(25)17-8-16(27-2)3-4-18(17)22)19(24)23-21-9-13-5-14(10-21)7-15(6-13)11-21/h3-4,8,12-15H,5-7,9-11H2,1-2H3,(H,23,24)/t12-,13?,14?,15?,21?/m0/s1. The Kier molecular flexibility index (Phi) is 5.19. The second kappa shape index (κ2) is 7.32. The van der Waals surface area contributed by atoms with Crippen molar-refractivity contribution in [1.29, 1.82) is 0 Å². The van der Waals surface area contributed by atoms with E-state index in [1.54, 1.807) is 19.1 Å². The molecule has 0 aromatic heterocycles. The smallest absolute Gasteiger partial charge is 0.340 e. The van der Waals surface area contributed by atoms with Crippen LogP contribution in [0.5, 0.6) is 0 Å². The lowest BCUT2D eigenvalue weighted by molar-refractivity contribution is -0.134. The molecule has 0 unspecified atom stereocenters. The van der Waals surface area contributed by atoms with Gasteiger partial charge in [0.05, 0.1) is 10.6 Å². The summed E-state index contributed by atoms with van der Waals surface area (Å²) in [6, 6.07) is 5.25. The molecule has 4 saturated carbocycles. The lowest BCUT2D eigenvalue weighted by Crippen LogP contribution is -2.61. The highest BCUT2D eigenvalue weighted by Gasteiger charge is 2.51. The number of halogens is 1. The van der Waals surface area contributed by atoms with E-state index in [1.807, 2.05) is 12.3 Å². The number of benzene rings is 1. The number of rotatable bonds is 5. The normalized spacial score (nSPS) is 32.2. The third-order valence-electron chi connectivity index (χ3n) is 6.47. The van der Waals surface area contributed by atoms with Crippen LogP contribution in [-0.4, -0.2) is 29.8 Å². The molecular formula is C21H26ClNO3S. The molecule has 27 heavy (non-hydrogen) atoms. The van der Waals surface area contributed by atoms with Gasteiger partial charge in [0.15, 0.2) is 6.10 Å². The maximum absolute atomic E-state index is 12.8. The van der Waals surface area contributed by atoms with Gasteiger partial charge in [0, 0.05) is 10.4 Å². The van der Waals surface area contributed by atoms with Gasteiger partial charge in [0.1, 0.15) is 0 Å². The van der Waals surface area contributed by atoms with E-state index in [9.17, 15) is 9.59 Å². The quantitative estimate of drug-likeness (QED) is 0.568. The van der Waals surface area contributed by atoms with Crippen molar-refractivity contribution in [3.63, 3.8) is 0 Å². The summed E-state index contributed by atoms with van der Waals surface area (Å²) >= 11 is 7.67. The van der Waals surface area contributed by atoms with Crippen molar-refractivity contribution < 1.29 is 14.3 Å². The molecule has 0 radical (unpaired) electrons. The molecule has 4 aliphatic rings. The summed E-state index contributed by atoms with van der Waals surface area (Å²) in [5.74, 6) is 1.51. The number of thioether (sulfide) groups is 1. The monoisotopic (exact) mass is 407 g/mol. The Morgan fingerprint density at radius 1 is 1.19 bits per heavy atom. The number of hydrogen-bond donors (Lipinski definition) is 1. The van der Waals surface area contributed by atoms with Crippen LogP contribution in [0, 0.1) is 17.8 Å². The van der Waals surface area contributed by atoms with Crippen LogP contribution in [0.1, 0.15) is 55.8 Å². The summed E-state index contributed by atoms with van der Waals surface area (Å²) in [5.41, 5.74) is 0.223. The Hall–Kier alpha value is -1.20. The first-order valence-corrected chi connectivity index (χ1v) is 11.3. The van der Waals surface area contributed by atoms with Gasteiger partial charge < -0.3 is 10.1 Å². The molecule has 1 N–H and O–H groups in total. The molecule has 4 aliphatic carbocycles. The van der Waals surface area contributed by atoms with Crippen LogP contribution >= 0.6 is 23.4 Å². The summed E-state index contributed by atoms with van der Waals surface area (Å²) in [7, 11) is 0. The highest BCUT2D eigenvalue weighted by molar-refractivity contribution is 7.98. The van der Waals surface area contributed by atoms with Gasteiger partial charge in [-0.2, -0.15) is 0 Å². The zero-order valence-corrected chi connectivity index (χ0v) is 17.4. The molecule has 1 aromatic rings. The van der Waals surface area contributed by atoms with Gasteiger partial charge in [-0.1, -0.05) is 11.6 Å². The van der Waals surface area contributed by atoms with Crippen molar-refractivity contribution in [2.75, 3.05) is 6.26 Å². The summed E-state index contributed by atoms with van der Waals surface area (Å²) < 4.78 is 5.45. The van der Waals surface area contributed by atoms with Crippen LogP contribution in [0.15, 0.2) is 23.1 Å². The van der Waals surface area contributed by atoms with Gasteiger partial charge in [0.25, 0.3) is 5.91 Å². The Morgan fingerprint density at radius 3 is 2.33 bits per heavy atom. The van der Waals surface area contributed by atoms with Gasteiger partial charge in [0.2, 0.25) is 0 Å². The molecule has 0 heterocycles. The molecule has 5 rings (SSSR count). The molecule has 0 aliphatic heterocycles. The van der Waals surface area contributed by atoms with E-state index in [0.717, 1.165) is 41.9 Å². The number of ether oxygens (including phenoxy) is 1. The first-order valence-electron chi connectivity index (χ1n) is 9.74. The van der Waals surface area contributed by atoms with E-state index in [4.69, 9.17) is 16.3 Å². The fraction of sp³-hybridized carbons (Fsp3) is 0.619. The van der Waals surface area contributed by atoms with Gasteiger partial charge in [-0.15, -0.1) is 11.8 Å². The summed E-state index contributed by atoms with van der Waals surface area (Å²) in [6.07, 6.45) is 8.30. The van der Waals surface area contributed by atoms with Crippen LogP contribution in [0.25, 0.3) is 0 Å². The van der Waals surface area contributed by atoms with Crippen molar-refractivity contribution in [2.45, 2.75) is 62.0 Å². The number of nitrogens with one attached hydrogen (secondary N) is 1. The van der Waals surface area contributed by atoms with Crippen molar-refractivity contribution in [3.8, 4) is 0 Å². The van der Waals surface area contributed by atoms with E-state index in [1.165, 1.54) is 31.0 Å². The van der Waals surface area contributed by atoms with Crippen LogP contribution in [0.2, 0.25) is 5.02 Å². The second-order valence-corrected chi connectivity index (χ2v) is 9.87. The number of hydrogen-bond acceptors (Lipinski definition) is 4. The van der Waals surface area contributed by atoms with E-state index in [2.05, 4.69) is 5.32 Å². The van der Waals surface area contributed by atoms with Crippen LogP contribution in [0.4, 0.5) is 0 Å². The number of carbonyl (C=O) groups excluding carboxylic acids is 2. The molecule has 1 aromatic carbocycles. The number of esters is 1. The lowest BCUT2D eigenvalue weighted by atomic mass is 9.53. The van der Waals surface area contributed by atoms with Gasteiger partial charge >= 0.3 is 5.97 Å². The number of amides is 1. The minimum absolute atomic E-state index is 0.0804. The molecule has 4 bridgehead atoms. The number of carbonyl (C=O) groups is 2. The predicted molar refractivity (Wildman–Crippen MR) is 107 cm³/mol. The Labute approximate surface area is 169 Å². The minimum atomic E-state index is -0.834. The molecule has 146 valence electrons. The average Bonchev–Trinajstić information content (AvgIpc) is 2.60. The minimum Gasteiger partial charge on any atom is -0.449 e. The van der Waals surface area contributed by atoms with Crippen molar-refractivity contribution >= 4 is 35.2 Å². The van der Waals surface area contributed by atoms with Gasteiger partial charge in [-0.25, -0.2) is 4.79 Å². The maximum atomic E-state index is 12.8. The molecule has 4 fully saturated rings. The van der Waals surface area contributed by atoms with E-state index >= 15 is 0 Å².